The molecule has 2 aliphatic heterocycles. The van der Waals surface area contributed by atoms with Crippen molar-refractivity contribution < 1.29 is 64.6 Å². The molecule has 2 saturated heterocycles. The third-order valence-corrected chi connectivity index (χ3v) is 16.0. The van der Waals surface area contributed by atoms with Crippen LogP contribution in [0.15, 0.2) is 97.2 Å². The average molecular weight is 1200 g/mol. The smallest absolute Gasteiger partial charge is 0.220 e. The highest BCUT2D eigenvalue weighted by atomic mass is 16.7. The molecular weight excluding hydrogens is 1070 g/mol. The molecule has 2 aliphatic rings. The van der Waals surface area contributed by atoms with Crippen molar-refractivity contribution >= 4 is 5.91 Å². The Morgan fingerprint density at radius 1 is 0.435 bits per heavy atom. The van der Waals surface area contributed by atoms with Gasteiger partial charge in [0.15, 0.2) is 12.6 Å². The first-order valence-electron chi connectivity index (χ1n) is 34.0. The van der Waals surface area contributed by atoms with E-state index in [1.165, 1.54) is 141 Å². The quantitative estimate of drug-likeness (QED) is 0.0204. The molecule has 0 aromatic carbocycles. The van der Waals surface area contributed by atoms with Gasteiger partial charge >= 0.3 is 0 Å². The summed E-state index contributed by atoms with van der Waals surface area (Å²) in [5, 5.41) is 87.2. The van der Waals surface area contributed by atoms with Gasteiger partial charge in [0.1, 0.15) is 48.8 Å². The van der Waals surface area contributed by atoms with E-state index in [4.69, 9.17) is 18.9 Å². The lowest BCUT2D eigenvalue weighted by molar-refractivity contribution is -0.359. The third kappa shape index (κ3) is 39.5. The van der Waals surface area contributed by atoms with Gasteiger partial charge < -0.3 is 65.1 Å². The van der Waals surface area contributed by atoms with E-state index >= 15 is 0 Å². The first-order chi connectivity index (χ1) is 41.6. The second-order valence-electron chi connectivity index (χ2n) is 23.5. The summed E-state index contributed by atoms with van der Waals surface area (Å²) in [6, 6.07) is -0.941. The minimum atomic E-state index is -1.80. The van der Waals surface area contributed by atoms with Crippen molar-refractivity contribution in [2.24, 2.45) is 0 Å². The predicted octanol–water partition coefficient (Wildman–Crippen LogP) is 13.4. The molecule has 0 aromatic heterocycles. The zero-order valence-corrected chi connectivity index (χ0v) is 53.1. The highest BCUT2D eigenvalue weighted by Crippen LogP contribution is 2.30. The number of aliphatic hydroxyl groups is 8. The predicted molar refractivity (Wildman–Crippen MR) is 346 cm³/mol. The average Bonchev–Trinajstić information content (AvgIpc) is 3.70. The van der Waals surface area contributed by atoms with Crippen molar-refractivity contribution in [3.05, 3.63) is 97.2 Å². The maximum absolute atomic E-state index is 13.3. The first-order valence-corrected chi connectivity index (χ1v) is 34.0. The normalized spacial score (nSPS) is 24.2. The van der Waals surface area contributed by atoms with Gasteiger partial charge in [-0.05, 0) is 89.9 Å². The van der Waals surface area contributed by atoms with Gasteiger partial charge in [-0.15, -0.1) is 0 Å². The van der Waals surface area contributed by atoms with Crippen molar-refractivity contribution in [2.75, 3.05) is 19.8 Å². The second-order valence-corrected chi connectivity index (χ2v) is 23.5. The number of amides is 1. The van der Waals surface area contributed by atoms with Crippen molar-refractivity contribution in [3.8, 4) is 0 Å². The van der Waals surface area contributed by atoms with Crippen molar-refractivity contribution in [1.29, 1.82) is 0 Å². The maximum atomic E-state index is 13.3. The van der Waals surface area contributed by atoms with Crippen LogP contribution in [0.2, 0.25) is 0 Å². The van der Waals surface area contributed by atoms with Crippen LogP contribution in [0.5, 0.6) is 0 Å². The van der Waals surface area contributed by atoms with Crippen LogP contribution >= 0.6 is 0 Å². The summed E-state index contributed by atoms with van der Waals surface area (Å²) < 4.78 is 22.8. The molecule has 0 bridgehead atoms. The van der Waals surface area contributed by atoms with Gasteiger partial charge in [-0.2, -0.15) is 0 Å². The van der Waals surface area contributed by atoms with Gasteiger partial charge in [-0.25, -0.2) is 0 Å². The van der Waals surface area contributed by atoms with Gasteiger partial charge in [0, 0.05) is 6.42 Å². The van der Waals surface area contributed by atoms with Crippen LogP contribution in [0.1, 0.15) is 251 Å². The van der Waals surface area contributed by atoms with Gasteiger partial charge in [0.2, 0.25) is 5.91 Å². The standard InChI is InChI=1S/C71H123NO13/c1-3-5-7-9-11-13-15-17-19-21-22-23-24-25-26-27-28-29-30-31-32-33-34-35-36-37-38-39-41-43-45-47-49-51-53-55-63(76)72-59(60(75)54-52-50-48-46-44-42-40-20-18-16-14-12-10-8-6-4-2)58-82-70-68(81)66(79)69(62(57-74)84-70)85-71-67(80)65(78)64(77)61(56-73)83-71/h5,7,11,13,17-20,22-23,25-26,44,46,52,54,59-62,64-71,73-75,77-81H,3-4,6,8-10,12,14-16,21,24,27-43,45,47-51,53,55-58H2,1-2H3,(H,72,76)/b7-5-,13-11-,19-17-,20-18+,23-22-,26-25-,46-44+,54-52+. The summed E-state index contributed by atoms with van der Waals surface area (Å²) in [5.41, 5.74) is 0. The summed E-state index contributed by atoms with van der Waals surface area (Å²) in [5.74, 6) is -0.254. The fourth-order valence-corrected chi connectivity index (χ4v) is 10.6. The fraction of sp³-hybridized carbons (Fsp3) is 0.761. The number of aliphatic hydroxyl groups excluding tert-OH is 8. The van der Waals surface area contributed by atoms with Gasteiger partial charge in [0.05, 0.1) is 32.0 Å². The SMILES string of the molecule is CC/C=C\C/C=C\C/C=C\C/C=C\C/C=C\CCCCCCCCCCCCCCCCCCCCCC(=O)NC(COC1OC(CO)C(OC2OC(CO)C(O)C(O)C2O)C(O)C1O)C(O)/C=C/CC/C=C/CC/C=C/CCCCCCCC. The molecule has 12 unspecified atom stereocenters. The van der Waals surface area contributed by atoms with E-state index in [9.17, 15) is 45.6 Å². The highest BCUT2D eigenvalue weighted by molar-refractivity contribution is 5.76. The zero-order valence-electron chi connectivity index (χ0n) is 53.1. The summed E-state index contributed by atoms with van der Waals surface area (Å²) in [6.45, 7) is 2.65. The molecule has 1 amide bonds. The van der Waals surface area contributed by atoms with E-state index in [0.29, 0.717) is 12.8 Å². The number of ether oxygens (including phenoxy) is 4. The molecule has 0 radical (unpaired) electrons. The highest BCUT2D eigenvalue weighted by Gasteiger charge is 2.51. The van der Waals surface area contributed by atoms with Crippen LogP contribution in [0.25, 0.3) is 0 Å². The fourth-order valence-electron chi connectivity index (χ4n) is 10.6. The Kier molecular flexibility index (Phi) is 50.5. The molecule has 0 spiro atoms. The zero-order chi connectivity index (χ0) is 61.6. The third-order valence-electron chi connectivity index (χ3n) is 16.0. The van der Waals surface area contributed by atoms with E-state index in [-0.39, 0.29) is 18.9 Å². The van der Waals surface area contributed by atoms with Crippen LogP contribution in [0, 0.1) is 0 Å². The lowest BCUT2D eigenvalue weighted by Gasteiger charge is -2.46. The Labute approximate surface area is 515 Å². The summed E-state index contributed by atoms with van der Waals surface area (Å²) >= 11 is 0. The van der Waals surface area contributed by atoms with Crippen molar-refractivity contribution in [2.45, 2.75) is 325 Å². The topological polar surface area (TPSA) is 228 Å². The largest absolute Gasteiger partial charge is 0.394 e. The number of nitrogens with one attached hydrogen (secondary N) is 1. The number of rotatable bonds is 54. The van der Waals surface area contributed by atoms with E-state index in [2.05, 4.69) is 104 Å². The number of hydrogen-bond acceptors (Lipinski definition) is 13. The lowest BCUT2D eigenvalue weighted by Crippen LogP contribution is -2.65. The molecule has 2 heterocycles. The Morgan fingerprint density at radius 2 is 0.824 bits per heavy atom. The summed E-state index contributed by atoms with van der Waals surface area (Å²) in [4.78, 5) is 13.3. The molecule has 14 nitrogen and oxygen atoms in total. The van der Waals surface area contributed by atoms with Crippen LogP contribution in [0.4, 0.5) is 0 Å². The van der Waals surface area contributed by atoms with Crippen LogP contribution in [-0.2, 0) is 23.7 Å². The van der Waals surface area contributed by atoms with Crippen LogP contribution in [0.3, 0.4) is 0 Å². The molecule has 0 aliphatic carbocycles. The molecular formula is C71H123NO13. The molecule has 0 saturated carbocycles. The molecule has 2 fully saturated rings. The number of carbonyl (C=O) groups is 1. The molecule has 9 N–H and O–H groups in total. The van der Waals surface area contributed by atoms with E-state index in [1.54, 1.807) is 6.08 Å². The number of carbonyl (C=O) groups excluding carboxylic acids is 1. The van der Waals surface area contributed by atoms with Crippen LogP contribution in [-0.4, -0.2) is 140 Å². The van der Waals surface area contributed by atoms with Gasteiger partial charge in [0.25, 0.3) is 0 Å². The summed E-state index contributed by atoms with van der Waals surface area (Å²) in [7, 11) is 0. The molecule has 12 atom stereocenters. The minimum absolute atomic E-state index is 0.254. The molecule has 2 rings (SSSR count). The Bertz CT molecular complexity index is 1800. The Hall–Kier alpha value is -3.09. The number of allylic oxidation sites excluding steroid dienone is 15. The number of hydrogen-bond donors (Lipinski definition) is 9. The Balaban J connectivity index is 1.64. The van der Waals surface area contributed by atoms with Crippen LogP contribution < -0.4 is 5.32 Å². The van der Waals surface area contributed by atoms with E-state index in [0.717, 1.165) is 77.0 Å². The summed E-state index contributed by atoms with van der Waals surface area (Å²) in [6.07, 6.45) is 60.4. The number of unbranched alkanes of at least 4 members (excludes halogenated alkanes) is 27. The van der Waals surface area contributed by atoms with E-state index < -0.39 is 86.8 Å². The minimum Gasteiger partial charge on any atom is -0.394 e. The molecule has 85 heavy (non-hydrogen) atoms. The van der Waals surface area contributed by atoms with Crippen molar-refractivity contribution in [1.82, 2.24) is 5.32 Å². The van der Waals surface area contributed by atoms with Gasteiger partial charge in [-0.3, -0.25) is 4.79 Å². The second kappa shape index (κ2) is 55.0. The molecule has 0 aromatic rings. The first kappa shape index (κ1) is 78.0. The van der Waals surface area contributed by atoms with Gasteiger partial charge in [-0.1, -0.05) is 252 Å². The van der Waals surface area contributed by atoms with E-state index in [1.807, 2.05) is 6.08 Å². The molecule has 14 heteroatoms. The van der Waals surface area contributed by atoms with Crippen molar-refractivity contribution in [3.63, 3.8) is 0 Å². The molecule has 490 valence electrons. The Morgan fingerprint density at radius 3 is 1.29 bits per heavy atom. The lowest BCUT2D eigenvalue weighted by atomic mass is 9.97. The monoisotopic (exact) mass is 1200 g/mol. The maximum Gasteiger partial charge on any atom is 0.220 e.